The quantitative estimate of drug-likeness (QED) is 0.406. The first-order chi connectivity index (χ1) is 5.54. The molecule has 1 aromatic heterocycles. The lowest BCUT2D eigenvalue weighted by molar-refractivity contribution is 0.0502. The van der Waals surface area contributed by atoms with Gasteiger partial charge < -0.3 is 4.74 Å². The van der Waals surface area contributed by atoms with Crippen LogP contribution in [0.2, 0.25) is 0 Å². The van der Waals surface area contributed by atoms with Gasteiger partial charge in [0.15, 0.2) is 0 Å². The van der Waals surface area contributed by atoms with Crippen molar-refractivity contribution in [2.75, 3.05) is 14.2 Å². The number of thiol groups is 1. The van der Waals surface area contributed by atoms with E-state index >= 15 is 0 Å². The smallest absolute Gasteiger partial charge is 0.290 e. The Labute approximate surface area is 75.7 Å². The fourth-order valence-electron chi connectivity index (χ4n) is 0.634. The highest BCUT2D eigenvalue weighted by atomic mass is 32.1. The third-order valence-corrected chi connectivity index (χ3v) is 1.46. The van der Waals surface area contributed by atoms with E-state index in [1.54, 1.807) is 0 Å². The number of hydrogen-bond donors (Lipinski definition) is 2. The Morgan fingerprint density at radius 1 is 1.50 bits per heavy atom. The zero-order valence-corrected chi connectivity index (χ0v) is 7.69. The van der Waals surface area contributed by atoms with Gasteiger partial charge in [0, 0.05) is 0 Å². The van der Waals surface area contributed by atoms with Gasteiger partial charge in [-0.25, -0.2) is 4.98 Å². The highest BCUT2D eigenvalue weighted by Crippen LogP contribution is 2.17. The second-order valence-corrected chi connectivity index (χ2v) is 3.11. The molecule has 0 spiro atoms. The van der Waals surface area contributed by atoms with Crippen LogP contribution in [-0.2, 0) is 0 Å². The number of hydroxylamine groups is 1. The van der Waals surface area contributed by atoms with Crippen LogP contribution in [0.3, 0.4) is 0 Å². The molecule has 0 fully saturated rings. The Bertz CT molecular complexity index is 256. The van der Waals surface area contributed by atoms with Gasteiger partial charge >= 0.3 is 0 Å². The Balaban J connectivity index is 2.93. The minimum Gasteiger partial charge on any atom is -0.480 e. The fourth-order valence-corrected chi connectivity index (χ4v) is 0.737. The van der Waals surface area contributed by atoms with Crippen molar-refractivity contribution >= 4 is 18.6 Å². The van der Waals surface area contributed by atoms with Gasteiger partial charge in [-0.3, -0.25) is 0 Å². The predicted octanol–water partition coefficient (Wildman–Crippen LogP) is 0.656. The lowest BCUT2D eigenvalue weighted by atomic mass is 10.6. The van der Waals surface area contributed by atoms with Crippen molar-refractivity contribution in [3.63, 3.8) is 0 Å². The van der Waals surface area contributed by atoms with Crippen molar-refractivity contribution in [1.29, 1.82) is 0 Å². The molecule has 1 heterocycles. The van der Waals surface area contributed by atoms with E-state index in [0.29, 0.717) is 11.7 Å². The molecule has 0 bridgehead atoms. The number of rotatable bonds is 2. The summed E-state index contributed by atoms with van der Waals surface area (Å²) in [7, 11) is 2.96. The molecule has 0 aliphatic heterocycles. The van der Waals surface area contributed by atoms with Crippen LogP contribution in [0.4, 0.5) is 5.82 Å². The topological polar surface area (TPSA) is 55.2 Å². The Hall–Kier alpha value is -0.850. The zero-order chi connectivity index (χ0) is 9.19. The number of methoxy groups -OCH3 is 1. The maximum atomic E-state index is 9.31. The first-order valence-electron chi connectivity index (χ1n) is 3.22. The molecule has 1 aromatic rings. The molecule has 1 N–H and O–H groups in total. The van der Waals surface area contributed by atoms with Crippen molar-refractivity contribution < 1.29 is 9.94 Å². The summed E-state index contributed by atoms with van der Waals surface area (Å²) in [5.41, 5.74) is 0. The van der Waals surface area contributed by atoms with Crippen LogP contribution in [-0.4, -0.2) is 29.3 Å². The van der Waals surface area contributed by atoms with Crippen LogP contribution in [0, 0.1) is 0 Å². The van der Waals surface area contributed by atoms with Crippen molar-refractivity contribution in [3.8, 4) is 5.88 Å². The van der Waals surface area contributed by atoms with Gasteiger partial charge in [-0.05, 0) is 0 Å². The number of ether oxygens (including phenoxy) is 1. The maximum Gasteiger partial charge on any atom is 0.290 e. The summed E-state index contributed by atoms with van der Waals surface area (Å²) in [5, 5.41) is 9.31. The monoisotopic (exact) mass is 188 g/mol. The third-order valence-electron chi connectivity index (χ3n) is 1.26. The standard InChI is InChI=1S/C6H10N3O2S/c1-9(10,12)5-3-8-6(11-2)4-7-5/h3-4,10,12H,1-2H3/q+1. The van der Waals surface area contributed by atoms with Crippen LogP contribution < -0.4 is 8.79 Å². The summed E-state index contributed by atoms with van der Waals surface area (Å²) in [5.74, 6) is 0.736. The average Bonchev–Trinajstić information content (AvgIpc) is 2.03. The SMILES string of the molecule is COc1cnc([N+](C)(O)S)cn1. The zero-order valence-electron chi connectivity index (χ0n) is 6.80. The first-order valence-corrected chi connectivity index (χ1v) is 3.62. The molecule has 0 amide bonds. The average molecular weight is 188 g/mol. The molecule has 66 valence electrons. The number of nitrogens with zero attached hydrogens (tertiary/aromatic N) is 3. The van der Waals surface area contributed by atoms with E-state index in [2.05, 4.69) is 22.8 Å². The number of hydrogen-bond acceptors (Lipinski definition) is 5. The van der Waals surface area contributed by atoms with E-state index in [-0.39, 0.29) is 0 Å². The second kappa shape index (κ2) is 3.26. The molecule has 0 radical (unpaired) electrons. The van der Waals surface area contributed by atoms with Gasteiger partial charge in [0.1, 0.15) is 26.1 Å². The van der Waals surface area contributed by atoms with Gasteiger partial charge in [-0.15, -0.1) is 0 Å². The summed E-state index contributed by atoms with van der Waals surface area (Å²) in [4.78, 5) is 7.73. The van der Waals surface area contributed by atoms with Crippen molar-refractivity contribution in [3.05, 3.63) is 12.4 Å². The van der Waals surface area contributed by atoms with E-state index in [1.807, 2.05) is 0 Å². The predicted molar refractivity (Wildman–Crippen MR) is 47.1 cm³/mol. The number of aromatic nitrogens is 2. The van der Waals surface area contributed by atoms with E-state index in [4.69, 9.17) is 4.74 Å². The van der Waals surface area contributed by atoms with E-state index < -0.39 is 4.05 Å². The van der Waals surface area contributed by atoms with Crippen molar-refractivity contribution in [1.82, 2.24) is 14.0 Å². The molecule has 0 aromatic carbocycles. The van der Waals surface area contributed by atoms with Gasteiger partial charge in [0.2, 0.25) is 5.88 Å². The highest BCUT2D eigenvalue weighted by Gasteiger charge is 2.19. The molecule has 1 unspecified atom stereocenters. The molecule has 0 saturated heterocycles. The molecule has 1 rings (SSSR count). The summed E-state index contributed by atoms with van der Waals surface area (Å²) in [6, 6.07) is 0. The van der Waals surface area contributed by atoms with Crippen LogP contribution in [0.25, 0.3) is 0 Å². The van der Waals surface area contributed by atoms with E-state index in [0.717, 1.165) is 0 Å². The second-order valence-electron chi connectivity index (χ2n) is 2.33. The van der Waals surface area contributed by atoms with E-state index in [9.17, 15) is 5.21 Å². The fraction of sp³-hybridized carbons (Fsp3) is 0.333. The van der Waals surface area contributed by atoms with Crippen LogP contribution in [0.5, 0.6) is 5.88 Å². The molecule has 0 aliphatic rings. The Morgan fingerprint density at radius 2 is 2.17 bits per heavy atom. The highest BCUT2D eigenvalue weighted by molar-refractivity contribution is 7.79. The molecule has 5 nitrogen and oxygen atoms in total. The van der Waals surface area contributed by atoms with Gasteiger partial charge in [-0.2, -0.15) is 10.2 Å². The maximum absolute atomic E-state index is 9.31. The van der Waals surface area contributed by atoms with Crippen molar-refractivity contribution in [2.45, 2.75) is 0 Å². The Kier molecular flexibility index (Phi) is 2.51. The summed E-state index contributed by atoms with van der Waals surface area (Å²) >= 11 is 3.86. The third kappa shape index (κ3) is 2.07. The summed E-state index contributed by atoms with van der Waals surface area (Å²) in [6.07, 6.45) is 2.81. The molecule has 12 heavy (non-hydrogen) atoms. The van der Waals surface area contributed by atoms with Crippen LogP contribution in [0.1, 0.15) is 0 Å². The largest absolute Gasteiger partial charge is 0.480 e. The molecule has 0 aliphatic carbocycles. The molecular formula is C6H10N3O2S+. The minimum absolute atomic E-state index is 0.333. The van der Waals surface area contributed by atoms with E-state index in [1.165, 1.54) is 26.6 Å². The molecule has 1 atom stereocenters. The van der Waals surface area contributed by atoms with Gasteiger partial charge in [-0.1, -0.05) is 4.05 Å². The lowest BCUT2D eigenvalue weighted by Crippen LogP contribution is -2.29. The molecular weight excluding hydrogens is 178 g/mol. The van der Waals surface area contributed by atoms with Gasteiger partial charge in [0.25, 0.3) is 5.82 Å². The summed E-state index contributed by atoms with van der Waals surface area (Å²) < 4.78 is 4.15. The summed E-state index contributed by atoms with van der Waals surface area (Å²) in [6.45, 7) is 0. The van der Waals surface area contributed by atoms with Gasteiger partial charge in [0.05, 0.1) is 13.3 Å². The molecule has 6 heteroatoms. The minimum atomic E-state index is -0.642. The van der Waals surface area contributed by atoms with Crippen LogP contribution >= 0.6 is 12.8 Å². The Morgan fingerprint density at radius 3 is 2.50 bits per heavy atom. The van der Waals surface area contributed by atoms with Crippen LogP contribution in [0.15, 0.2) is 12.4 Å². The molecule has 0 saturated carbocycles. The van der Waals surface area contributed by atoms with Crippen molar-refractivity contribution in [2.24, 2.45) is 0 Å². The number of quaternary nitrogens is 1. The normalized spacial score (nSPS) is 15.3. The lowest BCUT2D eigenvalue weighted by Gasteiger charge is -2.13. The first kappa shape index (κ1) is 9.24.